The van der Waals surface area contributed by atoms with Crippen LogP contribution in [0.2, 0.25) is 0 Å². The third-order valence-corrected chi connectivity index (χ3v) is 11.3. The second kappa shape index (κ2) is 9.74. The van der Waals surface area contributed by atoms with E-state index in [1.54, 1.807) is 0 Å². The summed E-state index contributed by atoms with van der Waals surface area (Å²) in [5, 5.41) is 43.1. The Morgan fingerprint density at radius 3 is 2.31 bits per heavy atom. The predicted molar refractivity (Wildman–Crippen MR) is 134 cm³/mol. The Kier molecular flexibility index (Phi) is 7.54. The highest BCUT2D eigenvalue weighted by molar-refractivity contribution is 5.74. The molecule has 4 aliphatic rings. The Bertz CT molecular complexity index is 824. The number of allylic oxidation sites excluding steroid dienone is 1. The van der Waals surface area contributed by atoms with E-state index < -0.39 is 24.4 Å². The molecule has 0 amide bonds. The number of fused-ring (bicyclic) bond motifs is 5. The molecule has 4 N–H and O–H groups in total. The van der Waals surface area contributed by atoms with Gasteiger partial charge >= 0.3 is 5.97 Å². The molecule has 3 saturated carbocycles. The van der Waals surface area contributed by atoms with Gasteiger partial charge in [-0.15, -0.1) is 0 Å². The van der Waals surface area contributed by atoms with Crippen molar-refractivity contribution in [3.05, 3.63) is 11.6 Å². The van der Waals surface area contributed by atoms with Crippen LogP contribution in [0.3, 0.4) is 0 Å². The molecule has 1 heterocycles. The van der Waals surface area contributed by atoms with E-state index in [9.17, 15) is 25.2 Å². The minimum atomic E-state index is -0.872. The molecule has 1 saturated heterocycles. The van der Waals surface area contributed by atoms with Crippen molar-refractivity contribution in [2.45, 2.75) is 104 Å². The van der Waals surface area contributed by atoms with Crippen LogP contribution in [-0.2, 0) is 9.53 Å². The lowest BCUT2D eigenvalue weighted by atomic mass is 9.48. The van der Waals surface area contributed by atoms with Crippen molar-refractivity contribution in [3.63, 3.8) is 0 Å². The SMILES string of the molecule is C/C=C(\C(C)C)[C@@H](O)[C@H](O)[C@@H](C)[C@H]1CC[C@@H]2[C@H]3COC(=O)[C@H]4C[C@H](O)[C@H](O)C[C@]4(C)[C@H]3CC[C@]12C. The summed E-state index contributed by atoms with van der Waals surface area (Å²) in [4.78, 5) is 13.0. The topological polar surface area (TPSA) is 107 Å². The number of hydrogen-bond acceptors (Lipinski definition) is 6. The molecule has 4 rings (SSSR count). The van der Waals surface area contributed by atoms with Crippen molar-refractivity contribution in [2.24, 2.45) is 52.3 Å². The summed E-state index contributed by atoms with van der Waals surface area (Å²) >= 11 is 0. The van der Waals surface area contributed by atoms with Gasteiger partial charge in [0.15, 0.2) is 0 Å². The Morgan fingerprint density at radius 2 is 1.69 bits per heavy atom. The third-order valence-electron chi connectivity index (χ3n) is 11.3. The van der Waals surface area contributed by atoms with Crippen molar-refractivity contribution >= 4 is 5.97 Å². The van der Waals surface area contributed by atoms with Crippen LogP contribution < -0.4 is 0 Å². The molecule has 0 unspecified atom stereocenters. The maximum Gasteiger partial charge on any atom is 0.309 e. The fourth-order valence-corrected chi connectivity index (χ4v) is 9.26. The van der Waals surface area contributed by atoms with Crippen LogP contribution >= 0.6 is 0 Å². The first kappa shape index (κ1) is 27.1. The molecular weight excluding hydrogens is 444 g/mol. The number of cyclic esters (lactones) is 1. The van der Waals surface area contributed by atoms with Gasteiger partial charge in [0.25, 0.3) is 0 Å². The highest BCUT2D eigenvalue weighted by Crippen LogP contribution is 2.66. The van der Waals surface area contributed by atoms with E-state index in [0.717, 1.165) is 31.3 Å². The van der Waals surface area contributed by atoms with E-state index in [4.69, 9.17) is 4.74 Å². The molecule has 0 radical (unpaired) electrons. The Balaban J connectivity index is 1.58. The van der Waals surface area contributed by atoms with Crippen LogP contribution in [0.4, 0.5) is 0 Å². The zero-order chi connectivity index (χ0) is 25.9. The Labute approximate surface area is 211 Å². The predicted octanol–water partition coefficient (Wildman–Crippen LogP) is 3.70. The molecule has 12 atom stereocenters. The number of rotatable bonds is 5. The van der Waals surface area contributed by atoms with Crippen molar-refractivity contribution < 1.29 is 30.0 Å². The summed E-state index contributed by atoms with van der Waals surface area (Å²) in [7, 11) is 0. The molecule has 0 aromatic heterocycles. The molecular formula is C29H48O6. The van der Waals surface area contributed by atoms with Gasteiger partial charge in [-0.2, -0.15) is 0 Å². The van der Waals surface area contributed by atoms with Crippen molar-refractivity contribution in [1.82, 2.24) is 0 Å². The fraction of sp³-hybridized carbons (Fsp3) is 0.897. The number of aliphatic hydroxyl groups is 4. The quantitative estimate of drug-likeness (QED) is 0.344. The van der Waals surface area contributed by atoms with Gasteiger partial charge in [-0.05, 0) is 97.4 Å². The summed E-state index contributed by atoms with van der Waals surface area (Å²) < 4.78 is 5.87. The van der Waals surface area contributed by atoms with Gasteiger partial charge in [0.1, 0.15) is 6.10 Å². The van der Waals surface area contributed by atoms with Gasteiger partial charge in [0, 0.05) is 0 Å². The van der Waals surface area contributed by atoms with Gasteiger partial charge in [0.05, 0.1) is 30.8 Å². The second-order valence-electron chi connectivity index (χ2n) is 13.1. The summed E-state index contributed by atoms with van der Waals surface area (Å²) in [5.74, 6) is 0.676. The first-order valence-corrected chi connectivity index (χ1v) is 13.9. The summed E-state index contributed by atoms with van der Waals surface area (Å²) in [6.45, 7) is 13.0. The maximum atomic E-state index is 13.0. The van der Waals surface area contributed by atoms with E-state index in [0.29, 0.717) is 18.9 Å². The van der Waals surface area contributed by atoms with Gasteiger partial charge in [-0.1, -0.05) is 40.7 Å². The number of esters is 1. The zero-order valence-electron chi connectivity index (χ0n) is 22.5. The minimum Gasteiger partial charge on any atom is -0.465 e. The molecule has 200 valence electrons. The lowest BCUT2D eigenvalue weighted by molar-refractivity contribution is -0.162. The molecule has 4 fully saturated rings. The number of carbonyl (C=O) groups excluding carboxylic acids is 1. The summed E-state index contributed by atoms with van der Waals surface area (Å²) in [6.07, 6.45) is 3.28. The van der Waals surface area contributed by atoms with E-state index in [2.05, 4.69) is 20.8 Å². The van der Waals surface area contributed by atoms with Gasteiger partial charge in [-0.3, -0.25) is 4.79 Å². The number of carbonyl (C=O) groups is 1. The fourth-order valence-electron chi connectivity index (χ4n) is 9.26. The van der Waals surface area contributed by atoms with Crippen molar-refractivity contribution in [1.29, 1.82) is 0 Å². The Morgan fingerprint density at radius 1 is 1.03 bits per heavy atom. The standard InChI is InChI=1S/C29H48O6/c1-7-17(15(2)3)26(33)25(32)16(4)19-8-9-20-18-14-35-27(34)22-12-23(30)24(31)13-29(22,6)21(18)10-11-28(19,20)5/h7,15-16,18-26,30-33H,8-14H2,1-6H3/b17-7+/t16-,18+,19+,20+,21-,22+,23-,24+,25+,26+,28+,29+/m0/s1. The molecule has 6 nitrogen and oxygen atoms in total. The van der Waals surface area contributed by atoms with Crippen LogP contribution in [0.25, 0.3) is 0 Å². The first-order valence-electron chi connectivity index (χ1n) is 13.9. The van der Waals surface area contributed by atoms with Crippen LogP contribution in [0.15, 0.2) is 11.6 Å². The Hall–Kier alpha value is -0.950. The molecule has 3 aliphatic carbocycles. The molecule has 6 heteroatoms. The molecule has 0 bridgehead atoms. The smallest absolute Gasteiger partial charge is 0.309 e. The summed E-state index contributed by atoms with van der Waals surface area (Å²) in [5.41, 5.74) is 0.515. The lowest BCUT2D eigenvalue weighted by Gasteiger charge is -2.56. The molecule has 0 aromatic carbocycles. The van der Waals surface area contributed by atoms with Crippen LogP contribution in [0.5, 0.6) is 0 Å². The number of ether oxygens (including phenoxy) is 1. The van der Waals surface area contributed by atoms with Crippen molar-refractivity contribution in [3.8, 4) is 0 Å². The van der Waals surface area contributed by atoms with Crippen LogP contribution in [0, 0.1) is 52.3 Å². The van der Waals surface area contributed by atoms with Crippen LogP contribution in [0.1, 0.15) is 80.1 Å². The van der Waals surface area contributed by atoms with E-state index in [1.807, 2.05) is 26.8 Å². The molecule has 0 aromatic rings. The zero-order valence-corrected chi connectivity index (χ0v) is 22.5. The van der Waals surface area contributed by atoms with Crippen molar-refractivity contribution in [2.75, 3.05) is 6.61 Å². The van der Waals surface area contributed by atoms with E-state index in [1.165, 1.54) is 0 Å². The average Bonchev–Trinajstić information content (AvgIpc) is 3.11. The number of hydrogen-bond donors (Lipinski definition) is 4. The summed E-state index contributed by atoms with van der Waals surface area (Å²) in [6, 6.07) is 0. The second-order valence-corrected chi connectivity index (χ2v) is 13.1. The minimum absolute atomic E-state index is 0.00457. The average molecular weight is 493 g/mol. The highest BCUT2D eigenvalue weighted by atomic mass is 16.5. The lowest BCUT2D eigenvalue weighted by Crippen LogP contribution is -2.55. The first-order chi connectivity index (χ1) is 16.4. The monoisotopic (exact) mass is 492 g/mol. The normalized spacial score (nSPS) is 46.7. The van der Waals surface area contributed by atoms with E-state index in [-0.39, 0.29) is 58.7 Å². The van der Waals surface area contributed by atoms with Crippen LogP contribution in [-0.4, -0.2) is 57.4 Å². The van der Waals surface area contributed by atoms with Gasteiger partial charge in [-0.25, -0.2) is 0 Å². The number of aliphatic hydroxyl groups excluding tert-OH is 4. The molecule has 0 spiro atoms. The molecule has 35 heavy (non-hydrogen) atoms. The largest absolute Gasteiger partial charge is 0.465 e. The molecule has 1 aliphatic heterocycles. The van der Waals surface area contributed by atoms with Gasteiger partial charge in [0.2, 0.25) is 0 Å². The maximum absolute atomic E-state index is 13.0. The highest BCUT2D eigenvalue weighted by Gasteiger charge is 2.63. The van der Waals surface area contributed by atoms with Gasteiger partial charge < -0.3 is 25.2 Å². The third kappa shape index (κ3) is 4.30. The van der Waals surface area contributed by atoms with E-state index >= 15 is 0 Å².